The summed E-state index contributed by atoms with van der Waals surface area (Å²) in [5.41, 5.74) is 0. The van der Waals surface area contributed by atoms with Gasteiger partial charge in [0, 0.05) is 13.1 Å². The molecule has 1 fully saturated rings. The summed E-state index contributed by atoms with van der Waals surface area (Å²) in [6, 6.07) is 9.31. The van der Waals surface area contributed by atoms with Gasteiger partial charge >= 0.3 is 0 Å². The van der Waals surface area contributed by atoms with Gasteiger partial charge in [-0.05, 0) is 43.3 Å². The Morgan fingerprint density at radius 1 is 1.22 bits per heavy atom. The summed E-state index contributed by atoms with van der Waals surface area (Å²) in [5.74, 6) is 0.832. The number of furan rings is 1. The van der Waals surface area contributed by atoms with Gasteiger partial charge in [-0.3, -0.25) is 4.79 Å². The van der Waals surface area contributed by atoms with Crippen LogP contribution >= 0.6 is 0 Å². The van der Waals surface area contributed by atoms with Crippen molar-refractivity contribution in [2.45, 2.75) is 24.5 Å². The number of benzene rings is 1. The number of rotatable bonds is 7. The van der Waals surface area contributed by atoms with Crippen LogP contribution in [0, 0.1) is 0 Å². The van der Waals surface area contributed by atoms with Gasteiger partial charge in [0.25, 0.3) is 5.91 Å². The highest BCUT2D eigenvalue weighted by Crippen LogP contribution is 2.18. The fourth-order valence-corrected chi connectivity index (χ4v) is 3.65. The first kappa shape index (κ1) is 19.4. The highest BCUT2D eigenvalue weighted by atomic mass is 32.2. The van der Waals surface area contributed by atoms with Gasteiger partial charge in [-0.15, -0.1) is 0 Å². The number of amides is 1. The van der Waals surface area contributed by atoms with Crippen LogP contribution in [0.3, 0.4) is 0 Å². The Hall–Kier alpha value is -2.36. The average molecular weight is 394 g/mol. The molecule has 1 aliphatic rings. The molecule has 1 saturated heterocycles. The van der Waals surface area contributed by atoms with Gasteiger partial charge in [0.1, 0.15) is 11.5 Å². The van der Waals surface area contributed by atoms with E-state index in [2.05, 4.69) is 4.72 Å². The van der Waals surface area contributed by atoms with Gasteiger partial charge < -0.3 is 18.8 Å². The number of ether oxygens (including phenoxy) is 2. The fourth-order valence-electron chi connectivity index (χ4n) is 2.66. The standard InChI is InChI=1S/C18H22N2O6S/c1-14(18(21)20-8-11-24-12-9-20)26-15-4-6-17(7-5-15)27(22,23)19-13-16-3-2-10-25-16/h2-7,10,14,19H,8-9,11-13H2,1H3. The maximum Gasteiger partial charge on any atom is 0.263 e. The molecule has 8 nitrogen and oxygen atoms in total. The van der Waals surface area contributed by atoms with E-state index in [1.807, 2.05) is 0 Å². The van der Waals surface area contributed by atoms with Gasteiger partial charge in [-0.25, -0.2) is 13.1 Å². The third-order valence-corrected chi connectivity index (χ3v) is 5.55. The molecule has 9 heteroatoms. The molecule has 0 aliphatic carbocycles. The van der Waals surface area contributed by atoms with E-state index in [4.69, 9.17) is 13.9 Å². The Morgan fingerprint density at radius 2 is 1.93 bits per heavy atom. The predicted octanol–water partition coefficient (Wildman–Crippen LogP) is 1.38. The molecule has 0 saturated carbocycles. The van der Waals surface area contributed by atoms with Gasteiger partial charge in [0.2, 0.25) is 10.0 Å². The van der Waals surface area contributed by atoms with E-state index in [0.717, 1.165) is 0 Å². The van der Waals surface area contributed by atoms with Crippen molar-refractivity contribution in [2.24, 2.45) is 0 Å². The molecule has 1 unspecified atom stereocenters. The van der Waals surface area contributed by atoms with Crippen LogP contribution in [0.2, 0.25) is 0 Å². The Balaban J connectivity index is 1.58. The molecular weight excluding hydrogens is 372 g/mol. The molecule has 1 amide bonds. The summed E-state index contributed by atoms with van der Waals surface area (Å²) >= 11 is 0. The molecule has 0 radical (unpaired) electrons. The summed E-state index contributed by atoms with van der Waals surface area (Å²) in [4.78, 5) is 14.2. The van der Waals surface area contributed by atoms with E-state index >= 15 is 0 Å². The lowest BCUT2D eigenvalue weighted by molar-refractivity contribution is -0.142. The fraction of sp³-hybridized carbons (Fsp3) is 0.389. The average Bonchev–Trinajstić information content (AvgIpc) is 3.21. The van der Waals surface area contributed by atoms with Crippen molar-refractivity contribution in [1.82, 2.24) is 9.62 Å². The van der Waals surface area contributed by atoms with E-state index in [9.17, 15) is 13.2 Å². The zero-order valence-electron chi connectivity index (χ0n) is 15.0. The van der Waals surface area contributed by atoms with Gasteiger partial charge in [-0.1, -0.05) is 0 Å². The second-order valence-electron chi connectivity index (χ2n) is 6.07. The van der Waals surface area contributed by atoms with Crippen molar-refractivity contribution < 1.29 is 27.1 Å². The highest BCUT2D eigenvalue weighted by Gasteiger charge is 2.24. The van der Waals surface area contributed by atoms with Crippen LogP contribution in [0.5, 0.6) is 5.75 Å². The summed E-state index contributed by atoms with van der Waals surface area (Å²) in [6.45, 7) is 3.88. The lowest BCUT2D eigenvalue weighted by atomic mass is 10.3. The number of carbonyl (C=O) groups excluding carboxylic acids is 1. The number of carbonyl (C=O) groups is 1. The lowest BCUT2D eigenvalue weighted by Gasteiger charge is -2.29. The van der Waals surface area contributed by atoms with Crippen LogP contribution in [0.4, 0.5) is 0 Å². The van der Waals surface area contributed by atoms with Crippen LogP contribution in [0.1, 0.15) is 12.7 Å². The number of nitrogens with zero attached hydrogens (tertiary/aromatic N) is 1. The SMILES string of the molecule is CC(Oc1ccc(S(=O)(=O)NCc2ccco2)cc1)C(=O)N1CCOCC1. The summed E-state index contributed by atoms with van der Waals surface area (Å²) in [6.07, 6.45) is 0.817. The summed E-state index contributed by atoms with van der Waals surface area (Å²) in [7, 11) is -3.67. The van der Waals surface area contributed by atoms with Crippen LogP contribution in [-0.4, -0.2) is 51.6 Å². The minimum Gasteiger partial charge on any atom is -0.481 e. The Labute approximate surface area is 158 Å². The molecule has 1 aromatic heterocycles. The molecule has 1 aromatic carbocycles. The summed E-state index contributed by atoms with van der Waals surface area (Å²) in [5, 5.41) is 0. The lowest BCUT2D eigenvalue weighted by Crippen LogP contribution is -2.46. The topological polar surface area (TPSA) is 98.1 Å². The van der Waals surface area contributed by atoms with Crippen molar-refractivity contribution in [2.75, 3.05) is 26.3 Å². The van der Waals surface area contributed by atoms with E-state index in [1.165, 1.54) is 30.5 Å². The molecule has 1 atom stereocenters. The Morgan fingerprint density at radius 3 is 2.56 bits per heavy atom. The molecule has 146 valence electrons. The molecule has 3 rings (SSSR count). The normalized spacial score (nSPS) is 16.1. The van der Waals surface area contributed by atoms with Crippen LogP contribution in [0.25, 0.3) is 0 Å². The molecule has 2 aromatic rings. The van der Waals surface area contributed by atoms with Crippen molar-refractivity contribution in [3.05, 3.63) is 48.4 Å². The molecule has 1 aliphatic heterocycles. The van der Waals surface area contributed by atoms with Crippen molar-refractivity contribution in [1.29, 1.82) is 0 Å². The zero-order chi connectivity index (χ0) is 19.3. The number of morpholine rings is 1. The smallest absolute Gasteiger partial charge is 0.263 e. The van der Waals surface area contributed by atoms with Crippen molar-refractivity contribution >= 4 is 15.9 Å². The predicted molar refractivity (Wildman–Crippen MR) is 96.7 cm³/mol. The quantitative estimate of drug-likeness (QED) is 0.762. The van der Waals surface area contributed by atoms with E-state index < -0.39 is 16.1 Å². The third kappa shape index (κ3) is 5.09. The van der Waals surface area contributed by atoms with Crippen molar-refractivity contribution in [3.63, 3.8) is 0 Å². The molecule has 0 spiro atoms. The maximum atomic E-state index is 12.4. The number of hydrogen-bond donors (Lipinski definition) is 1. The maximum absolute atomic E-state index is 12.4. The van der Waals surface area contributed by atoms with Gasteiger partial charge in [0.15, 0.2) is 6.10 Å². The van der Waals surface area contributed by atoms with Gasteiger partial charge in [-0.2, -0.15) is 0 Å². The number of nitrogens with one attached hydrogen (secondary N) is 1. The molecular formula is C18H22N2O6S. The molecule has 1 N–H and O–H groups in total. The highest BCUT2D eigenvalue weighted by molar-refractivity contribution is 7.89. The van der Waals surface area contributed by atoms with Crippen molar-refractivity contribution in [3.8, 4) is 5.75 Å². The van der Waals surface area contributed by atoms with Crippen LogP contribution < -0.4 is 9.46 Å². The molecule has 2 heterocycles. The Bertz CT molecular complexity index is 842. The first-order valence-electron chi connectivity index (χ1n) is 8.61. The third-order valence-electron chi connectivity index (χ3n) is 4.13. The second-order valence-corrected chi connectivity index (χ2v) is 7.84. The minimum atomic E-state index is -3.67. The van der Waals surface area contributed by atoms with Crippen LogP contribution in [0.15, 0.2) is 52.0 Å². The van der Waals surface area contributed by atoms with Crippen LogP contribution in [-0.2, 0) is 26.1 Å². The molecule has 27 heavy (non-hydrogen) atoms. The Kier molecular flexibility index (Phi) is 6.15. The largest absolute Gasteiger partial charge is 0.481 e. The second kappa shape index (κ2) is 8.55. The molecule has 0 bridgehead atoms. The van der Waals surface area contributed by atoms with E-state index in [1.54, 1.807) is 24.0 Å². The number of hydrogen-bond acceptors (Lipinski definition) is 6. The van der Waals surface area contributed by atoms with E-state index in [-0.39, 0.29) is 17.3 Å². The summed E-state index contributed by atoms with van der Waals surface area (Å²) < 4.78 is 43.1. The van der Waals surface area contributed by atoms with E-state index in [0.29, 0.717) is 37.8 Å². The zero-order valence-corrected chi connectivity index (χ0v) is 15.8. The van der Waals surface area contributed by atoms with Gasteiger partial charge in [0.05, 0.1) is 30.9 Å². The monoisotopic (exact) mass is 394 g/mol. The number of sulfonamides is 1. The minimum absolute atomic E-state index is 0.0681. The first-order valence-corrected chi connectivity index (χ1v) is 10.1. The first-order chi connectivity index (χ1) is 13.0.